The molecule has 1 aromatic rings. The van der Waals surface area contributed by atoms with Gasteiger partial charge in [-0.2, -0.15) is 0 Å². The van der Waals surface area contributed by atoms with Gasteiger partial charge in [0.25, 0.3) is 0 Å². The first-order valence-electron chi connectivity index (χ1n) is 6.11. The van der Waals surface area contributed by atoms with Gasteiger partial charge in [-0.3, -0.25) is 4.90 Å². The Bertz CT molecular complexity index is 319. The molecule has 5 heteroatoms. The van der Waals surface area contributed by atoms with Gasteiger partial charge in [-0.1, -0.05) is 13.8 Å². The van der Waals surface area contributed by atoms with E-state index >= 15 is 0 Å². The van der Waals surface area contributed by atoms with E-state index in [0.29, 0.717) is 11.9 Å². The highest BCUT2D eigenvalue weighted by Crippen LogP contribution is 2.27. The average Bonchev–Trinajstić information content (AvgIpc) is 2.82. The molecule has 17 heavy (non-hydrogen) atoms. The van der Waals surface area contributed by atoms with E-state index in [9.17, 15) is 0 Å². The fourth-order valence-corrected chi connectivity index (χ4v) is 3.20. The van der Waals surface area contributed by atoms with E-state index in [4.69, 9.17) is 16.7 Å². The second kappa shape index (κ2) is 8.03. The molecule has 0 aromatic carbocycles. The summed E-state index contributed by atoms with van der Waals surface area (Å²) >= 11 is 7.47. The molecule has 0 aliphatic rings. The quantitative estimate of drug-likeness (QED) is 0.742. The van der Waals surface area contributed by atoms with Crippen LogP contribution < -0.4 is 0 Å². The maximum absolute atomic E-state index is 8.92. The summed E-state index contributed by atoms with van der Waals surface area (Å²) in [4.78, 5) is 6.93. The molecule has 0 aliphatic carbocycles. The van der Waals surface area contributed by atoms with Crippen molar-refractivity contribution in [2.24, 2.45) is 0 Å². The Morgan fingerprint density at radius 2 is 2.29 bits per heavy atom. The van der Waals surface area contributed by atoms with Gasteiger partial charge in [-0.05, 0) is 19.4 Å². The third kappa shape index (κ3) is 4.21. The van der Waals surface area contributed by atoms with Crippen LogP contribution in [0.4, 0.5) is 0 Å². The number of hydrogen-bond acceptors (Lipinski definition) is 4. The van der Waals surface area contributed by atoms with Gasteiger partial charge in [0.05, 0.1) is 17.6 Å². The highest BCUT2D eigenvalue weighted by atomic mass is 35.5. The molecule has 1 heterocycles. The molecule has 0 spiro atoms. The van der Waals surface area contributed by atoms with Crippen LogP contribution in [0.3, 0.4) is 0 Å². The zero-order chi connectivity index (χ0) is 12.7. The fraction of sp³-hybridized carbons (Fsp3) is 0.750. The molecule has 0 fully saturated rings. The molecule has 1 atom stereocenters. The van der Waals surface area contributed by atoms with Crippen molar-refractivity contribution < 1.29 is 5.11 Å². The lowest BCUT2D eigenvalue weighted by Gasteiger charge is -2.28. The van der Waals surface area contributed by atoms with Crippen molar-refractivity contribution in [2.45, 2.75) is 38.6 Å². The van der Waals surface area contributed by atoms with Gasteiger partial charge in [0.2, 0.25) is 0 Å². The highest BCUT2D eigenvalue weighted by Gasteiger charge is 2.19. The number of halogens is 1. The van der Waals surface area contributed by atoms with Crippen molar-refractivity contribution in [2.75, 3.05) is 19.7 Å². The van der Waals surface area contributed by atoms with Crippen molar-refractivity contribution in [3.8, 4) is 0 Å². The van der Waals surface area contributed by atoms with Crippen LogP contribution in [0.25, 0.3) is 0 Å². The molecule has 0 bridgehead atoms. The number of aliphatic hydroxyl groups is 1. The Kier molecular flexibility index (Phi) is 7.04. The molecule has 0 saturated heterocycles. The summed E-state index contributed by atoms with van der Waals surface area (Å²) in [6, 6.07) is 0.355. The molecule has 0 saturated carbocycles. The predicted molar refractivity (Wildman–Crippen MR) is 73.7 cm³/mol. The van der Waals surface area contributed by atoms with Gasteiger partial charge in [0.15, 0.2) is 0 Å². The smallest absolute Gasteiger partial charge is 0.110 e. The Hall–Kier alpha value is -0.160. The second-order valence-electron chi connectivity index (χ2n) is 3.94. The Morgan fingerprint density at radius 1 is 1.53 bits per heavy atom. The van der Waals surface area contributed by atoms with E-state index in [1.54, 1.807) is 11.3 Å². The van der Waals surface area contributed by atoms with Crippen LogP contribution in [0.15, 0.2) is 5.38 Å². The summed E-state index contributed by atoms with van der Waals surface area (Å²) in [6.45, 7) is 6.47. The van der Waals surface area contributed by atoms with Crippen LogP contribution in [0, 0.1) is 0 Å². The van der Waals surface area contributed by atoms with Crippen LogP contribution in [-0.2, 0) is 5.88 Å². The van der Waals surface area contributed by atoms with Crippen molar-refractivity contribution in [3.05, 3.63) is 16.1 Å². The van der Waals surface area contributed by atoms with Crippen molar-refractivity contribution in [1.82, 2.24) is 9.88 Å². The minimum atomic E-state index is 0.248. The van der Waals surface area contributed by atoms with Crippen LogP contribution in [0.2, 0.25) is 0 Å². The number of thiazole rings is 1. The van der Waals surface area contributed by atoms with E-state index in [0.717, 1.165) is 36.6 Å². The predicted octanol–water partition coefficient (Wildman–Crippen LogP) is 3.04. The fourth-order valence-electron chi connectivity index (χ4n) is 1.93. The molecule has 1 N–H and O–H groups in total. The van der Waals surface area contributed by atoms with Crippen LogP contribution >= 0.6 is 22.9 Å². The third-order valence-electron chi connectivity index (χ3n) is 2.83. The maximum Gasteiger partial charge on any atom is 0.110 e. The maximum atomic E-state index is 8.92. The Labute approximate surface area is 112 Å². The lowest BCUT2D eigenvalue weighted by molar-refractivity contribution is 0.177. The topological polar surface area (TPSA) is 36.4 Å². The average molecular weight is 277 g/mol. The zero-order valence-electron chi connectivity index (χ0n) is 10.5. The Morgan fingerprint density at radius 3 is 2.76 bits per heavy atom. The summed E-state index contributed by atoms with van der Waals surface area (Å²) in [5.41, 5.74) is 0.961. The minimum Gasteiger partial charge on any atom is -0.396 e. The summed E-state index contributed by atoms with van der Waals surface area (Å²) in [5.74, 6) is 0.482. The summed E-state index contributed by atoms with van der Waals surface area (Å²) in [6.07, 6.45) is 1.85. The van der Waals surface area contributed by atoms with Gasteiger partial charge in [0, 0.05) is 18.5 Å². The molecule has 0 radical (unpaired) electrons. The van der Waals surface area contributed by atoms with Crippen molar-refractivity contribution in [1.29, 1.82) is 0 Å². The number of alkyl halides is 1. The molecular weight excluding hydrogens is 256 g/mol. The van der Waals surface area contributed by atoms with Crippen LogP contribution in [0.1, 0.15) is 43.4 Å². The van der Waals surface area contributed by atoms with E-state index in [1.807, 2.05) is 5.38 Å². The van der Waals surface area contributed by atoms with Crippen LogP contribution in [-0.4, -0.2) is 34.7 Å². The molecule has 1 unspecified atom stereocenters. The van der Waals surface area contributed by atoms with E-state index in [2.05, 4.69) is 23.7 Å². The van der Waals surface area contributed by atoms with E-state index in [-0.39, 0.29) is 6.61 Å². The number of rotatable bonds is 8. The molecule has 0 aliphatic heterocycles. The van der Waals surface area contributed by atoms with Gasteiger partial charge in [-0.25, -0.2) is 4.98 Å². The standard InChI is InChI=1S/C12H21ClN2OS/c1-3-11(15(4-2)6-5-7-16)12-14-10(8-13)9-17-12/h9,11,16H,3-8H2,1-2H3. The number of hydrogen-bond donors (Lipinski definition) is 1. The van der Waals surface area contributed by atoms with Gasteiger partial charge < -0.3 is 5.11 Å². The summed E-state index contributed by atoms with van der Waals surface area (Å²) in [7, 11) is 0. The Balaban J connectivity index is 2.73. The number of aromatic nitrogens is 1. The third-order valence-corrected chi connectivity index (χ3v) is 4.10. The van der Waals surface area contributed by atoms with Gasteiger partial charge >= 0.3 is 0 Å². The monoisotopic (exact) mass is 276 g/mol. The molecule has 1 rings (SSSR count). The number of nitrogens with zero attached hydrogens (tertiary/aromatic N) is 2. The first-order chi connectivity index (χ1) is 8.26. The SMILES string of the molecule is CCC(c1nc(CCl)cs1)N(CC)CCCO. The number of aliphatic hydroxyl groups excluding tert-OH is 1. The van der Waals surface area contributed by atoms with Gasteiger partial charge in [0.1, 0.15) is 5.01 Å². The lowest BCUT2D eigenvalue weighted by Crippen LogP contribution is -2.29. The minimum absolute atomic E-state index is 0.248. The van der Waals surface area contributed by atoms with Crippen molar-refractivity contribution >= 4 is 22.9 Å². The largest absolute Gasteiger partial charge is 0.396 e. The lowest BCUT2D eigenvalue weighted by atomic mass is 10.2. The molecule has 98 valence electrons. The normalized spacial score (nSPS) is 13.2. The molecule has 0 amide bonds. The van der Waals surface area contributed by atoms with E-state index < -0.39 is 0 Å². The van der Waals surface area contributed by atoms with E-state index in [1.165, 1.54) is 0 Å². The van der Waals surface area contributed by atoms with Crippen LogP contribution in [0.5, 0.6) is 0 Å². The highest BCUT2D eigenvalue weighted by molar-refractivity contribution is 7.09. The first kappa shape index (κ1) is 14.9. The second-order valence-corrected chi connectivity index (χ2v) is 5.10. The summed E-state index contributed by atoms with van der Waals surface area (Å²) in [5, 5.41) is 12.1. The molecule has 1 aromatic heterocycles. The summed E-state index contributed by atoms with van der Waals surface area (Å²) < 4.78 is 0. The molecule has 3 nitrogen and oxygen atoms in total. The molecular formula is C12H21ClN2OS. The zero-order valence-corrected chi connectivity index (χ0v) is 12.1. The van der Waals surface area contributed by atoms with Crippen molar-refractivity contribution in [3.63, 3.8) is 0 Å². The first-order valence-corrected chi connectivity index (χ1v) is 7.53. The van der Waals surface area contributed by atoms with Gasteiger partial charge in [-0.15, -0.1) is 22.9 Å².